The largest absolute Gasteiger partial charge is 0.455 e. The van der Waals surface area contributed by atoms with Gasteiger partial charge in [0.15, 0.2) is 17.5 Å². The maximum atomic E-state index is 6.65. The number of nitrogens with zero attached hydrogens (tertiary/aromatic N) is 3. The van der Waals surface area contributed by atoms with Crippen LogP contribution in [0.4, 0.5) is 0 Å². The van der Waals surface area contributed by atoms with Gasteiger partial charge in [0.1, 0.15) is 11.2 Å². The third-order valence-corrected chi connectivity index (χ3v) is 11.7. The lowest BCUT2D eigenvalue weighted by atomic mass is 9.94. The smallest absolute Gasteiger partial charge is 0.164 e. The van der Waals surface area contributed by atoms with Crippen molar-refractivity contribution in [2.24, 2.45) is 0 Å². The van der Waals surface area contributed by atoms with E-state index in [1.165, 1.54) is 31.5 Å². The van der Waals surface area contributed by atoms with E-state index in [9.17, 15) is 0 Å². The predicted octanol–water partition coefficient (Wildman–Crippen LogP) is 14.1. The molecule has 5 heteroatoms. The van der Waals surface area contributed by atoms with Crippen molar-refractivity contribution < 1.29 is 4.42 Å². The summed E-state index contributed by atoms with van der Waals surface area (Å²) in [6.07, 6.45) is 0. The number of para-hydroxylation sites is 1. The van der Waals surface area contributed by atoms with Crippen LogP contribution >= 0.6 is 11.3 Å². The van der Waals surface area contributed by atoms with Gasteiger partial charge in [-0.2, -0.15) is 0 Å². The Labute approximate surface area is 327 Å². The number of fused-ring (bicyclic) bond motifs is 6. The molecule has 0 atom stereocenters. The zero-order valence-electron chi connectivity index (χ0n) is 30.1. The minimum atomic E-state index is 0.640. The number of thiophene rings is 1. The van der Waals surface area contributed by atoms with Crippen LogP contribution in [0.2, 0.25) is 0 Å². The summed E-state index contributed by atoms with van der Waals surface area (Å²) in [4.78, 5) is 15.3. The zero-order chi connectivity index (χ0) is 37.0. The minimum Gasteiger partial charge on any atom is -0.455 e. The number of hydrogen-bond donors (Lipinski definition) is 0. The summed E-state index contributed by atoms with van der Waals surface area (Å²) in [5.74, 6) is 1.93. The zero-order valence-corrected chi connectivity index (χ0v) is 30.9. The molecule has 3 aromatic heterocycles. The molecule has 0 saturated heterocycles. The van der Waals surface area contributed by atoms with Gasteiger partial charge in [0.05, 0.1) is 0 Å². The highest BCUT2D eigenvalue weighted by atomic mass is 32.1. The van der Waals surface area contributed by atoms with Crippen molar-refractivity contribution in [2.75, 3.05) is 0 Å². The first-order chi connectivity index (χ1) is 27.7. The second-order valence-corrected chi connectivity index (χ2v) is 15.0. The highest BCUT2D eigenvalue weighted by Crippen LogP contribution is 2.45. The van der Waals surface area contributed by atoms with Gasteiger partial charge in [-0.15, -0.1) is 11.3 Å². The summed E-state index contributed by atoms with van der Waals surface area (Å²) in [7, 11) is 0. The van der Waals surface area contributed by atoms with Crippen LogP contribution in [0.3, 0.4) is 0 Å². The molecule has 0 fully saturated rings. The van der Waals surface area contributed by atoms with Crippen LogP contribution in [0.1, 0.15) is 0 Å². The van der Waals surface area contributed by atoms with E-state index in [0.29, 0.717) is 17.5 Å². The molecule has 0 N–H and O–H groups in total. The molecule has 8 aromatic carbocycles. The van der Waals surface area contributed by atoms with Gasteiger partial charge in [0.25, 0.3) is 0 Å². The van der Waals surface area contributed by atoms with Crippen molar-refractivity contribution in [3.63, 3.8) is 0 Å². The number of benzene rings is 8. The van der Waals surface area contributed by atoms with Gasteiger partial charge in [-0.25, -0.2) is 15.0 Å². The van der Waals surface area contributed by atoms with Gasteiger partial charge in [-0.3, -0.25) is 0 Å². The summed E-state index contributed by atoms with van der Waals surface area (Å²) >= 11 is 1.79. The van der Waals surface area contributed by atoms with Crippen molar-refractivity contribution in [3.05, 3.63) is 188 Å². The first-order valence-corrected chi connectivity index (χ1v) is 19.5. The van der Waals surface area contributed by atoms with E-state index in [-0.39, 0.29) is 0 Å². The predicted molar refractivity (Wildman–Crippen MR) is 233 cm³/mol. The maximum Gasteiger partial charge on any atom is 0.164 e. The van der Waals surface area contributed by atoms with Crippen molar-refractivity contribution in [1.29, 1.82) is 0 Å². The molecule has 11 rings (SSSR count). The van der Waals surface area contributed by atoms with E-state index in [0.717, 1.165) is 60.7 Å². The fraction of sp³-hybridized carbons (Fsp3) is 0. The Kier molecular flexibility index (Phi) is 7.64. The quantitative estimate of drug-likeness (QED) is 0.171. The molecule has 0 aliphatic carbocycles. The lowest BCUT2D eigenvalue weighted by molar-refractivity contribution is 0.670. The van der Waals surface area contributed by atoms with Crippen LogP contribution in [0, 0.1) is 0 Å². The van der Waals surface area contributed by atoms with Crippen LogP contribution in [0.25, 0.3) is 110 Å². The first kappa shape index (κ1) is 32.2. The third-order valence-electron chi connectivity index (χ3n) is 10.6. The SMILES string of the molecule is c1ccc(-c2ccc(-c3nc(-c4ccccc4)nc(-c4cccc5sc6cc(-c7ccc(-c8ccccc8)c8c7oc7ccccc78)ccc6c45)n3)cc2)cc1. The van der Waals surface area contributed by atoms with E-state index in [4.69, 9.17) is 19.4 Å². The molecule has 0 radical (unpaired) electrons. The summed E-state index contributed by atoms with van der Waals surface area (Å²) in [6.45, 7) is 0. The van der Waals surface area contributed by atoms with Crippen molar-refractivity contribution in [2.45, 2.75) is 0 Å². The molecule has 0 bridgehead atoms. The highest BCUT2D eigenvalue weighted by Gasteiger charge is 2.20. The molecule has 0 amide bonds. The van der Waals surface area contributed by atoms with Crippen molar-refractivity contribution in [1.82, 2.24) is 15.0 Å². The lowest BCUT2D eigenvalue weighted by Crippen LogP contribution is -2.00. The van der Waals surface area contributed by atoms with Crippen LogP contribution in [0.15, 0.2) is 192 Å². The van der Waals surface area contributed by atoms with E-state index in [1.54, 1.807) is 11.3 Å². The number of furan rings is 1. The summed E-state index contributed by atoms with van der Waals surface area (Å²) < 4.78 is 9.02. The minimum absolute atomic E-state index is 0.640. The van der Waals surface area contributed by atoms with Crippen molar-refractivity contribution >= 4 is 53.4 Å². The number of aromatic nitrogens is 3. The molecule has 0 aliphatic heterocycles. The Balaban J connectivity index is 1.06. The van der Waals surface area contributed by atoms with Crippen molar-refractivity contribution in [3.8, 4) is 67.5 Å². The maximum absolute atomic E-state index is 6.65. The first-order valence-electron chi connectivity index (χ1n) is 18.7. The van der Waals surface area contributed by atoms with Gasteiger partial charge in [0.2, 0.25) is 0 Å². The normalized spacial score (nSPS) is 11.6. The summed E-state index contributed by atoms with van der Waals surface area (Å²) in [5.41, 5.74) is 11.5. The van der Waals surface area contributed by atoms with Gasteiger partial charge < -0.3 is 4.42 Å². The highest BCUT2D eigenvalue weighted by molar-refractivity contribution is 7.26. The Morgan fingerprint density at radius 1 is 0.339 bits per heavy atom. The Morgan fingerprint density at radius 3 is 1.66 bits per heavy atom. The van der Waals surface area contributed by atoms with Gasteiger partial charge in [-0.1, -0.05) is 164 Å². The molecule has 262 valence electrons. The van der Waals surface area contributed by atoms with Crippen LogP contribution in [0.5, 0.6) is 0 Å². The lowest BCUT2D eigenvalue weighted by Gasteiger charge is -2.10. The Morgan fingerprint density at radius 2 is 0.911 bits per heavy atom. The number of hydrogen-bond acceptors (Lipinski definition) is 5. The second kappa shape index (κ2) is 13.3. The molecule has 11 aromatic rings. The fourth-order valence-electron chi connectivity index (χ4n) is 7.88. The molecule has 0 aliphatic rings. The van der Waals surface area contributed by atoms with Crippen LogP contribution < -0.4 is 0 Å². The molecule has 0 unspecified atom stereocenters. The summed E-state index contributed by atoms with van der Waals surface area (Å²) in [5, 5.41) is 4.57. The molecular weight excluding hydrogens is 703 g/mol. The fourth-order valence-corrected chi connectivity index (χ4v) is 9.05. The third kappa shape index (κ3) is 5.48. The van der Waals surface area contributed by atoms with Crippen LogP contribution in [-0.2, 0) is 0 Å². The molecular formula is C51H31N3OS. The van der Waals surface area contributed by atoms with Gasteiger partial charge in [-0.05, 0) is 52.1 Å². The van der Waals surface area contributed by atoms with E-state index >= 15 is 0 Å². The Hall–Kier alpha value is -7.21. The molecule has 3 heterocycles. The monoisotopic (exact) mass is 733 g/mol. The van der Waals surface area contributed by atoms with E-state index in [1.807, 2.05) is 30.3 Å². The van der Waals surface area contributed by atoms with Gasteiger partial charge in [0, 0.05) is 53.2 Å². The second-order valence-electron chi connectivity index (χ2n) is 13.9. The number of rotatable bonds is 6. The van der Waals surface area contributed by atoms with Gasteiger partial charge >= 0.3 is 0 Å². The standard InChI is InChI=1S/C51H31N3OS/c1-4-13-32(14-5-1)33-23-25-36(26-24-33)50-52-49(35-17-8-3-9-18-35)53-51(54-50)42-20-12-22-44-46(42)41-28-27-37(31-45(41)56-44)39-30-29-38(34-15-6-2-7-16-34)47-40-19-10-11-21-43(40)55-48(39)47/h1-31H. The average molecular weight is 734 g/mol. The van der Waals surface area contributed by atoms with E-state index in [2.05, 4.69) is 158 Å². The summed E-state index contributed by atoms with van der Waals surface area (Å²) in [6, 6.07) is 65.6. The average Bonchev–Trinajstić information content (AvgIpc) is 3.86. The molecule has 0 saturated carbocycles. The molecule has 56 heavy (non-hydrogen) atoms. The van der Waals surface area contributed by atoms with E-state index < -0.39 is 0 Å². The molecule has 4 nitrogen and oxygen atoms in total. The topological polar surface area (TPSA) is 51.8 Å². The van der Waals surface area contributed by atoms with Crippen LogP contribution in [-0.4, -0.2) is 15.0 Å². The Bertz CT molecular complexity index is 3230. The molecule has 0 spiro atoms.